The van der Waals surface area contributed by atoms with Crippen LogP contribution in [0.1, 0.15) is 53.9 Å². The number of rotatable bonds is 0. The topological polar surface area (TPSA) is 121 Å². The normalized spacial score (nSPS) is 45.6. The van der Waals surface area contributed by atoms with Crippen molar-refractivity contribution in [3.05, 3.63) is 36.0 Å². The van der Waals surface area contributed by atoms with Crippen molar-refractivity contribution in [1.82, 2.24) is 0 Å². The fraction of sp³-hybridized carbons (Fsp3) is 0.679. The Labute approximate surface area is 217 Å². The van der Waals surface area contributed by atoms with Crippen molar-refractivity contribution >= 4 is 17.9 Å². The van der Waals surface area contributed by atoms with Crippen LogP contribution in [0.15, 0.2) is 36.0 Å². The zero-order valence-corrected chi connectivity index (χ0v) is 20.9. The Morgan fingerprint density at radius 3 is 2.43 bits per heavy atom. The first kappa shape index (κ1) is 27.5. The van der Waals surface area contributed by atoms with Crippen LogP contribution in [0, 0.1) is 16.7 Å². The molecule has 2 spiro atoms. The zero-order valence-electron chi connectivity index (χ0n) is 20.9. The average Bonchev–Trinajstić information content (AvgIpc) is 3.62. The maximum absolute atomic E-state index is 12.9. The summed E-state index contributed by atoms with van der Waals surface area (Å²) in [6.07, 6.45) is 7.11. The number of allylic oxidation sites excluding steroid dienone is 3. The Hall–Kier alpha value is -2.49. The molecule has 0 unspecified atom stereocenters. The number of aliphatic hydroxyl groups excluding tert-OH is 1. The Kier molecular flexibility index (Phi) is 7.44. The van der Waals surface area contributed by atoms with Gasteiger partial charge < -0.3 is 28.8 Å². The van der Waals surface area contributed by atoms with Crippen LogP contribution in [-0.2, 0) is 38.1 Å². The number of hydrogen-bond acceptors (Lipinski definition) is 9. The smallest absolute Gasteiger partial charge is 0.335 e. The van der Waals surface area contributed by atoms with Crippen molar-refractivity contribution in [1.29, 1.82) is 0 Å². The summed E-state index contributed by atoms with van der Waals surface area (Å²) in [5, 5.41) is 10.6. The first-order valence-corrected chi connectivity index (χ1v) is 12.7. The van der Waals surface area contributed by atoms with Gasteiger partial charge in [0.1, 0.15) is 18.3 Å². The average molecular weight is 519 g/mol. The molecule has 204 valence electrons. The minimum atomic E-state index is -1.37. The number of ether oxygens (including phenoxy) is 5. The summed E-state index contributed by atoms with van der Waals surface area (Å²) in [5.74, 6) is -2.34. The summed E-state index contributed by atoms with van der Waals surface area (Å²) in [6.45, 7) is 6.34. The molecule has 37 heavy (non-hydrogen) atoms. The number of cyclic esters (lactones) is 2. The maximum Gasteiger partial charge on any atom is 0.335 e. The van der Waals surface area contributed by atoms with Gasteiger partial charge in [0, 0.05) is 24.0 Å². The van der Waals surface area contributed by atoms with E-state index >= 15 is 0 Å². The lowest BCUT2D eigenvalue weighted by atomic mass is 9.51. The third kappa shape index (κ3) is 4.34. The van der Waals surface area contributed by atoms with Gasteiger partial charge in [-0.3, -0.25) is 0 Å². The number of esters is 3. The predicted molar refractivity (Wildman–Crippen MR) is 132 cm³/mol. The molecule has 5 rings (SSSR count). The Morgan fingerprint density at radius 2 is 1.73 bits per heavy atom. The highest BCUT2D eigenvalue weighted by molar-refractivity contribution is 5.84. The Morgan fingerprint density at radius 1 is 1.03 bits per heavy atom. The molecule has 2 bridgehead atoms. The van der Waals surface area contributed by atoms with Crippen molar-refractivity contribution in [2.75, 3.05) is 19.8 Å². The largest absolute Gasteiger partial charge is 0.463 e. The molecule has 9 nitrogen and oxygen atoms in total. The van der Waals surface area contributed by atoms with E-state index in [1.54, 1.807) is 6.92 Å². The summed E-state index contributed by atoms with van der Waals surface area (Å²) in [5.41, 5.74) is -0.820. The predicted octanol–water partition coefficient (Wildman–Crippen LogP) is 2.81. The van der Waals surface area contributed by atoms with E-state index in [4.69, 9.17) is 23.7 Å². The van der Waals surface area contributed by atoms with Gasteiger partial charge in [-0.1, -0.05) is 45.1 Å². The number of carbonyl (C=O) groups excluding carboxylic acids is 3. The van der Waals surface area contributed by atoms with E-state index in [-0.39, 0.29) is 39.3 Å². The van der Waals surface area contributed by atoms with Crippen molar-refractivity contribution < 1.29 is 43.2 Å². The van der Waals surface area contributed by atoms with Crippen LogP contribution in [0.2, 0.25) is 0 Å². The van der Waals surface area contributed by atoms with E-state index in [0.29, 0.717) is 19.4 Å². The molecule has 3 aliphatic heterocycles. The van der Waals surface area contributed by atoms with Gasteiger partial charge in [-0.15, -0.1) is 0 Å². The lowest BCUT2D eigenvalue weighted by Crippen LogP contribution is -2.66. The molecule has 0 radical (unpaired) electrons. The highest BCUT2D eigenvalue weighted by Crippen LogP contribution is 2.72. The van der Waals surface area contributed by atoms with Gasteiger partial charge in [0.2, 0.25) is 0 Å². The molecule has 0 amide bonds. The van der Waals surface area contributed by atoms with Crippen molar-refractivity contribution in [3.8, 4) is 0 Å². The van der Waals surface area contributed by atoms with Crippen LogP contribution in [-0.4, -0.2) is 72.9 Å². The van der Waals surface area contributed by atoms with Crippen molar-refractivity contribution in [2.45, 2.75) is 83.9 Å². The molecular weight excluding hydrogens is 480 g/mol. The number of epoxide rings is 1. The Bertz CT molecular complexity index is 1020. The minimum absolute atomic E-state index is 0. The molecule has 5 aliphatic rings. The molecule has 9 heteroatoms. The molecule has 2 aliphatic carbocycles. The summed E-state index contributed by atoms with van der Waals surface area (Å²) in [7, 11) is 0. The Balaban J connectivity index is 0.00000320. The van der Waals surface area contributed by atoms with Gasteiger partial charge in [0.25, 0.3) is 0 Å². The van der Waals surface area contributed by atoms with Crippen LogP contribution < -0.4 is 0 Å². The lowest BCUT2D eigenvalue weighted by Gasteiger charge is -2.58. The monoisotopic (exact) mass is 518 g/mol. The van der Waals surface area contributed by atoms with Crippen LogP contribution in [0.4, 0.5) is 0 Å². The highest BCUT2D eigenvalue weighted by Gasteiger charge is 2.83. The first-order valence-electron chi connectivity index (χ1n) is 12.7. The van der Waals surface area contributed by atoms with E-state index < -0.39 is 52.5 Å². The summed E-state index contributed by atoms with van der Waals surface area (Å²) in [4.78, 5) is 37.6. The molecule has 1 N–H and O–H groups in total. The molecule has 0 aromatic heterocycles. The maximum atomic E-state index is 12.9. The van der Waals surface area contributed by atoms with Gasteiger partial charge in [-0.05, 0) is 32.1 Å². The third-order valence-electron chi connectivity index (χ3n) is 9.12. The standard InChI is InChI=1S/C27H34O9.CH4/c1-16-8-10-26-14-33-24(31)23(30)17(2)9-11-32-21(28)6-4-5-7-22(29)36-18-13-20(35-19(26)12-16)27(15-34-27)25(18,26)3;/h4-7,12,17-20,23,30H,8-11,13-15H2,1-3H3;1H4/b6-4+,7-5-;/t17-,18-,19-,20+,23+,25+,26-,27+;/m1./s1. The minimum Gasteiger partial charge on any atom is -0.463 e. The second-order valence-electron chi connectivity index (χ2n) is 11.0. The summed E-state index contributed by atoms with van der Waals surface area (Å²) in [6, 6.07) is 0. The van der Waals surface area contributed by atoms with E-state index in [1.807, 2.05) is 0 Å². The van der Waals surface area contributed by atoms with Crippen LogP contribution in [0.3, 0.4) is 0 Å². The van der Waals surface area contributed by atoms with Gasteiger partial charge in [0.15, 0.2) is 6.10 Å². The van der Waals surface area contributed by atoms with Crippen molar-refractivity contribution in [2.24, 2.45) is 16.7 Å². The van der Waals surface area contributed by atoms with Crippen LogP contribution in [0.5, 0.6) is 0 Å². The lowest BCUT2D eigenvalue weighted by molar-refractivity contribution is -0.234. The quantitative estimate of drug-likeness (QED) is 0.223. The van der Waals surface area contributed by atoms with Gasteiger partial charge in [-0.25, -0.2) is 14.4 Å². The molecular formula is C28H38O9. The molecule has 3 heterocycles. The van der Waals surface area contributed by atoms with Crippen LogP contribution in [0.25, 0.3) is 0 Å². The van der Waals surface area contributed by atoms with Gasteiger partial charge in [0.05, 0.1) is 30.8 Å². The van der Waals surface area contributed by atoms with Gasteiger partial charge >= 0.3 is 17.9 Å². The number of carbonyl (C=O) groups is 3. The second kappa shape index (κ2) is 10.0. The molecule has 0 aromatic carbocycles. The zero-order chi connectivity index (χ0) is 25.7. The fourth-order valence-corrected chi connectivity index (χ4v) is 6.65. The SMILES string of the molecule is C.CC1=C[C@H]2O[C@H]3C[C@H]4OC(=O)/C=C\C=C\C(=O)OCC[C@@H](C)[C@H](O)C(=O)OC[C@@]2(CC1)[C@@]4(C)[C@]31CO1. The second-order valence-corrected chi connectivity index (χ2v) is 11.0. The van der Waals surface area contributed by atoms with Gasteiger partial charge in [-0.2, -0.15) is 0 Å². The number of aliphatic hydroxyl groups is 1. The van der Waals surface area contributed by atoms with E-state index in [9.17, 15) is 19.5 Å². The molecule has 3 fully saturated rings. The summed E-state index contributed by atoms with van der Waals surface area (Å²) < 4.78 is 29.6. The molecule has 8 atom stereocenters. The molecule has 0 aromatic rings. The van der Waals surface area contributed by atoms with E-state index in [0.717, 1.165) is 6.42 Å². The van der Waals surface area contributed by atoms with Crippen molar-refractivity contribution in [3.63, 3.8) is 0 Å². The van der Waals surface area contributed by atoms with Crippen LogP contribution >= 0.6 is 0 Å². The first-order chi connectivity index (χ1) is 17.1. The van der Waals surface area contributed by atoms with E-state index in [2.05, 4.69) is 19.9 Å². The highest BCUT2D eigenvalue weighted by atomic mass is 16.6. The summed E-state index contributed by atoms with van der Waals surface area (Å²) >= 11 is 0. The fourth-order valence-electron chi connectivity index (χ4n) is 6.65. The third-order valence-corrected chi connectivity index (χ3v) is 9.12. The number of hydrogen-bond donors (Lipinski definition) is 1. The van der Waals surface area contributed by atoms with E-state index in [1.165, 1.54) is 29.9 Å². The molecule has 2 saturated heterocycles. The molecule has 1 saturated carbocycles.